The van der Waals surface area contributed by atoms with Gasteiger partial charge in [0.15, 0.2) is 5.96 Å². The lowest BCUT2D eigenvalue weighted by atomic mass is 10.1. The van der Waals surface area contributed by atoms with Crippen molar-refractivity contribution < 1.29 is 4.74 Å². The highest BCUT2D eigenvalue weighted by molar-refractivity contribution is 14.0. The van der Waals surface area contributed by atoms with E-state index < -0.39 is 0 Å². The third kappa shape index (κ3) is 6.71. The summed E-state index contributed by atoms with van der Waals surface area (Å²) in [5.74, 6) is 2.36. The summed E-state index contributed by atoms with van der Waals surface area (Å²) in [4.78, 5) is 4.72. The number of hydrogen-bond donors (Lipinski definition) is 2. The number of hydrogen-bond acceptors (Lipinski definition) is 3. The average molecular weight is 483 g/mol. The van der Waals surface area contributed by atoms with E-state index in [1.165, 1.54) is 11.1 Å². The predicted molar refractivity (Wildman–Crippen MR) is 120 cm³/mol. The summed E-state index contributed by atoms with van der Waals surface area (Å²) in [6.07, 6.45) is 5.80. The van der Waals surface area contributed by atoms with Gasteiger partial charge in [0.2, 0.25) is 0 Å². The number of guanidine groups is 1. The Kier molecular flexibility index (Phi) is 8.90. The molecular formula is C20H30IN5O. The molecule has 2 N–H and O–H groups in total. The smallest absolute Gasteiger partial charge is 0.191 e. The number of aliphatic imine (C=N–C) groups is 1. The first-order valence-corrected chi connectivity index (χ1v) is 9.49. The quantitative estimate of drug-likeness (QED) is 0.345. The summed E-state index contributed by atoms with van der Waals surface area (Å²) >= 11 is 0. The van der Waals surface area contributed by atoms with Crippen LogP contribution < -0.4 is 15.4 Å². The van der Waals surface area contributed by atoms with Gasteiger partial charge in [-0.2, -0.15) is 5.10 Å². The van der Waals surface area contributed by atoms with E-state index in [-0.39, 0.29) is 24.0 Å². The van der Waals surface area contributed by atoms with Crippen molar-refractivity contribution in [3.8, 4) is 5.75 Å². The summed E-state index contributed by atoms with van der Waals surface area (Å²) in [7, 11) is 0. The molecule has 0 fully saturated rings. The number of benzene rings is 1. The highest BCUT2D eigenvalue weighted by Gasteiger charge is 2.11. The van der Waals surface area contributed by atoms with Crippen molar-refractivity contribution in [1.29, 1.82) is 0 Å². The molecule has 1 aromatic carbocycles. The highest BCUT2D eigenvalue weighted by Crippen LogP contribution is 2.25. The van der Waals surface area contributed by atoms with Gasteiger partial charge in [0.05, 0.1) is 6.61 Å². The molecule has 3 rings (SSSR count). The first kappa shape index (κ1) is 21.5. The molecule has 148 valence electrons. The van der Waals surface area contributed by atoms with Crippen LogP contribution in [0, 0.1) is 5.92 Å². The molecule has 6 nitrogen and oxygen atoms in total. The third-order valence-electron chi connectivity index (χ3n) is 4.42. The second-order valence-corrected chi connectivity index (χ2v) is 6.77. The minimum absolute atomic E-state index is 0. The van der Waals surface area contributed by atoms with Crippen molar-refractivity contribution in [1.82, 2.24) is 20.4 Å². The molecule has 27 heavy (non-hydrogen) atoms. The largest absolute Gasteiger partial charge is 0.493 e. The Morgan fingerprint density at radius 3 is 3.04 bits per heavy atom. The SMILES string of the molecule is CCNC(=NCC(C)Cn1cccn1)NCCc1ccc2c(c1)CCO2.I. The summed E-state index contributed by atoms with van der Waals surface area (Å²) < 4.78 is 7.53. The number of nitrogens with zero attached hydrogens (tertiary/aromatic N) is 3. The van der Waals surface area contributed by atoms with E-state index >= 15 is 0 Å². The molecule has 0 saturated carbocycles. The lowest BCUT2D eigenvalue weighted by Gasteiger charge is -2.14. The van der Waals surface area contributed by atoms with Crippen LogP contribution in [0.15, 0.2) is 41.7 Å². The van der Waals surface area contributed by atoms with Gasteiger partial charge in [-0.1, -0.05) is 19.1 Å². The van der Waals surface area contributed by atoms with E-state index in [4.69, 9.17) is 9.73 Å². The zero-order chi connectivity index (χ0) is 18.2. The van der Waals surface area contributed by atoms with Crippen LogP contribution >= 0.6 is 24.0 Å². The first-order valence-electron chi connectivity index (χ1n) is 9.49. The fourth-order valence-corrected chi connectivity index (χ4v) is 3.10. The molecule has 0 saturated heterocycles. The van der Waals surface area contributed by atoms with Crippen molar-refractivity contribution in [3.63, 3.8) is 0 Å². The van der Waals surface area contributed by atoms with Gasteiger partial charge in [-0.25, -0.2) is 0 Å². The summed E-state index contributed by atoms with van der Waals surface area (Å²) in [6.45, 7) is 8.46. The van der Waals surface area contributed by atoms with Crippen LogP contribution in [0.4, 0.5) is 0 Å². The van der Waals surface area contributed by atoms with Gasteiger partial charge < -0.3 is 15.4 Å². The van der Waals surface area contributed by atoms with Crippen LogP contribution in [0.25, 0.3) is 0 Å². The Morgan fingerprint density at radius 1 is 1.37 bits per heavy atom. The van der Waals surface area contributed by atoms with Gasteiger partial charge in [-0.15, -0.1) is 24.0 Å². The van der Waals surface area contributed by atoms with Crippen LogP contribution in [0.2, 0.25) is 0 Å². The minimum Gasteiger partial charge on any atom is -0.493 e. The van der Waals surface area contributed by atoms with Gasteiger partial charge in [0.25, 0.3) is 0 Å². The van der Waals surface area contributed by atoms with Gasteiger partial charge in [-0.05, 0) is 42.5 Å². The van der Waals surface area contributed by atoms with Crippen LogP contribution in [-0.4, -0.2) is 42.0 Å². The average Bonchev–Trinajstić information content (AvgIpc) is 3.30. The van der Waals surface area contributed by atoms with Gasteiger partial charge >= 0.3 is 0 Å². The topological polar surface area (TPSA) is 63.5 Å². The maximum atomic E-state index is 5.57. The highest BCUT2D eigenvalue weighted by atomic mass is 127. The number of aromatic nitrogens is 2. The molecular weight excluding hydrogens is 453 g/mol. The molecule has 1 aliphatic rings. The number of halogens is 1. The molecule has 0 radical (unpaired) electrons. The Labute approximate surface area is 178 Å². The van der Waals surface area contributed by atoms with Crippen molar-refractivity contribution in [3.05, 3.63) is 47.8 Å². The van der Waals surface area contributed by atoms with Crippen molar-refractivity contribution in [2.45, 2.75) is 33.2 Å². The summed E-state index contributed by atoms with van der Waals surface area (Å²) in [6, 6.07) is 8.46. The molecule has 1 unspecified atom stereocenters. The number of ether oxygens (including phenoxy) is 1. The zero-order valence-corrected chi connectivity index (χ0v) is 18.5. The first-order chi connectivity index (χ1) is 12.7. The fourth-order valence-electron chi connectivity index (χ4n) is 3.10. The maximum absolute atomic E-state index is 5.57. The lowest BCUT2D eigenvalue weighted by molar-refractivity contribution is 0.357. The van der Waals surface area contributed by atoms with E-state index in [9.17, 15) is 0 Å². The Hall–Kier alpha value is -1.77. The summed E-state index contributed by atoms with van der Waals surface area (Å²) in [5, 5.41) is 11.0. The van der Waals surface area contributed by atoms with Crippen LogP contribution in [0.1, 0.15) is 25.0 Å². The van der Waals surface area contributed by atoms with E-state index in [0.29, 0.717) is 5.92 Å². The molecule has 0 spiro atoms. The molecule has 7 heteroatoms. The molecule has 1 aromatic heterocycles. The molecule has 0 amide bonds. The van der Waals surface area contributed by atoms with Crippen LogP contribution in [0.5, 0.6) is 5.75 Å². The Balaban J connectivity index is 0.00000261. The van der Waals surface area contributed by atoms with Crippen LogP contribution in [-0.2, 0) is 19.4 Å². The lowest BCUT2D eigenvalue weighted by Crippen LogP contribution is -2.38. The van der Waals surface area contributed by atoms with Gasteiger partial charge in [0.1, 0.15) is 5.75 Å². The van der Waals surface area contributed by atoms with Gasteiger partial charge in [-0.3, -0.25) is 9.67 Å². The standard InChI is InChI=1S/C20H29N5O.HI/c1-3-21-20(23-14-16(2)15-25-11-4-9-24-25)22-10-7-17-5-6-19-18(13-17)8-12-26-19;/h4-6,9,11,13,16H,3,7-8,10,12,14-15H2,1-2H3,(H2,21,22,23);1H. The Bertz CT molecular complexity index is 717. The molecule has 2 aromatic rings. The molecule has 1 aliphatic heterocycles. The molecule has 2 heterocycles. The van der Waals surface area contributed by atoms with Gasteiger partial charge in [0, 0.05) is 45.0 Å². The van der Waals surface area contributed by atoms with Crippen molar-refractivity contribution in [2.24, 2.45) is 10.9 Å². The Morgan fingerprint density at radius 2 is 2.26 bits per heavy atom. The third-order valence-corrected chi connectivity index (χ3v) is 4.42. The van der Waals surface area contributed by atoms with Crippen molar-refractivity contribution in [2.75, 3.05) is 26.2 Å². The monoisotopic (exact) mass is 483 g/mol. The second kappa shape index (κ2) is 11.2. The molecule has 1 atom stereocenters. The number of nitrogens with one attached hydrogen (secondary N) is 2. The normalized spacial score (nSPS) is 14.1. The maximum Gasteiger partial charge on any atom is 0.191 e. The minimum atomic E-state index is 0. The zero-order valence-electron chi connectivity index (χ0n) is 16.1. The molecule has 0 aliphatic carbocycles. The second-order valence-electron chi connectivity index (χ2n) is 6.77. The number of fused-ring (bicyclic) bond motifs is 1. The fraction of sp³-hybridized carbons (Fsp3) is 0.500. The van der Waals surface area contributed by atoms with E-state index in [0.717, 1.165) is 57.3 Å². The molecule has 0 bridgehead atoms. The van der Waals surface area contributed by atoms with E-state index in [2.05, 4.69) is 47.8 Å². The number of rotatable bonds is 8. The van der Waals surface area contributed by atoms with E-state index in [1.807, 2.05) is 23.1 Å². The predicted octanol–water partition coefficient (Wildman–Crippen LogP) is 2.87. The van der Waals surface area contributed by atoms with E-state index in [1.54, 1.807) is 0 Å². The summed E-state index contributed by atoms with van der Waals surface area (Å²) in [5.41, 5.74) is 2.67. The van der Waals surface area contributed by atoms with Crippen LogP contribution in [0.3, 0.4) is 0 Å². The van der Waals surface area contributed by atoms with Crippen molar-refractivity contribution >= 4 is 29.9 Å².